The first-order valence-corrected chi connectivity index (χ1v) is 9.47. The minimum Gasteiger partial charge on any atom is -0.447 e. The minimum absolute atomic E-state index is 0.429. The van der Waals surface area contributed by atoms with Gasteiger partial charge in [-0.1, -0.05) is 23.5 Å². The Morgan fingerprint density at radius 2 is 1.96 bits per heavy atom. The van der Waals surface area contributed by atoms with Crippen LogP contribution in [0.3, 0.4) is 0 Å². The monoisotopic (exact) mass is 360 g/mol. The molecule has 0 radical (unpaired) electrons. The molecule has 25 heavy (non-hydrogen) atoms. The van der Waals surface area contributed by atoms with E-state index in [4.69, 9.17) is 15.2 Å². The predicted octanol–water partition coefficient (Wildman–Crippen LogP) is 3.55. The largest absolute Gasteiger partial charge is 0.447 e. The number of amides is 1. The molecule has 0 bridgehead atoms. The van der Waals surface area contributed by atoms with Gasteiger partial charge in [0.2, 0.25) is 0 Å². The van der Waals surface area contributed by atoms with Crippen molar-refractivity contribution in [1.82, 2.24) is 5.32 Å². The molecule has 1 amide bonds. The fourth-order valence-corrected chi connectivity index (χ4v) is 3.60. The molecule has 5 nitrogen and oxygen atoms in total. The lowest BCUT2D eigenvalue weighted by atomic mass is 9.97. The molecule has 1 aromatic heterocycles. The highest BCUT2D eigenvalue weighted by Crippen LogP contribution is 2.29. The number of rotatable bonds is 8. The van der Waals surface area contributed by atoms with Crippen molar-refractivity contribution in [3.8, 4) is 10.8 Å². The molecule has 0 unspecified atom stereocenters. The van der Waals surface area contributed by atoms with Crippen LogP contribution < -0.4 is 15.8 Å². The van der Waals surface area contributed by atoms with Gasteiger partial charge in [0.15, 0.2) is 5.06 Å². The number of ether oxygens (including phenoxy) is 2. The maximum absolute atomic E-state index is 11.1. The smallest absolute Gasteiger partial charge is 0.258 e. The number of nitrogens with one attached hydrogen (secondary N) is 1. The Balaban J connectivity index is 1.41. The summed E-state index contributed by atoms with van der Waals surface area (Å²) >= 11 is 1.25. The van der Waals surface area contributed by atoms with Crippen LogP contribution in [-0.4, -0.2) is 25.7 Å². The number of hydrogen-bond acceptors (Lipinski definition) is 5. The highest BCUT2D eigenvalue weighted by Gasteiger charge is 2.12. The summed E-state index contributed by atoms with van der Waals surface area (Å²) in [5.41, 5.74) is 6.47. The standard InChI is InChI=1S/C19H24N2O3S/c20-19(22)17-5-6-18(25-17)24-16-3-1-15(2-4-16)13-21-10-7-14-8-11-23-12-9-14/h1-6,14,21H,7-13H2,(H2,20,22). The number of carbonyl (C=O) groups is 1. The van der Waals surface area contributed by atoms with Crippen molar-refractivity contribution in [2.45, 2.75) is 25.8 Å². The zero-order valence-corrected chi connectivity index (χ0v) is 15.0. The molecule has 2 heterocycles. The molecule has 0 spiro atoms. The van der Waals surface area contributed by atoms with E-state index in [0.29, 0.717) is 9.94 Å². The Labute approximate surface area is 152 Å². The summed E-state index contributed by atoms with van der Waals surface area (Å²) in [6.45, 7) is 3.72. The molecule has 6 heteroatoms. The van der Waals surface area contributed by atoms with Crippen molar-refractivity contribution in [1.29, 1.82) is 0 Å². The Morgan fingerprint density at radius 1 is 1.20 bits per heavy atom. The van der Waals surface area contributed by atoms with E-state index in [2.05, 4.69) is 17.4 Å². The van der Waals surface area contributed by atoms with E-state index >= 15 is 0 Å². The second kappa shape index (κ2) is 8.99. The number of carbonyl (C=O) groups excluding carboxylic acids is 1. The van der Waals surface area contributed by atoms with E-state index in [1.54, 1.807) is 12.1 Å². The van der Waals surface area contributed by atoms with Gasteiger partial charge in [-0.15, -0.1) is 0 Å². The van der Waals surface area contributed by atoms with Gasteiger partial charge < -0.3 is 20.5 Å². The third-order valence-electron chi connectivity index (χ3n) is 4.37. The van der Waals surface area contributed by atoms with Crippen molar-refractivity contribution in [3.63, 3.8) is 0 Å². The molecular formula is C19H24N2O3S. The number of nitrogens with two attached hydrogens (primary N) is 1. The Kier molecular flexibility index (Phi) is 6.44. The van der Waals surface area contributed by atoms with Crippen LogP contribution in [0.25, 0.3) is 0 Å². The lowest BCUT2D eigenvalue weighted by Gasteiger charge is -2.21. The van der Waals surface area contributed by atoms with Crippen LogP contribution in [-0.2, 0) is 11.3 Å². The zero-order chi connectivity index (χ0) is 17.5. The number of primary amides is 1. The van der Waals surface area contributed by atoms with Crippen LogP contribution in [0.2, 0.25) is 0 Å². The van der Waals surface area contributed by atoms with Crippen molar-refractivity contribution in [2.24, 2.45) is 11.7 Å². The van der Waals surface area contributed by atoms with Gasteiger partial charge in [-0.3, -0.25) is 4.79 Å². The van der Waals surface area contributed by atoms with Crippen LogP contribution >= 0.6 is 11.3 Å². The minimum atomic E-state index is -0.429. The Hall–Kier alpha value is -1.89. The summed E-state index contributed by atoms with van der Waals surface area (Å²) in [7, 11) is 0. The van der Waals surface area contributed by atoms with E-state index in [1.807, 2.05) is 12.1 Å². The topological polar surface area (TPSA) is 73.6 Å². The van der Waals surface area contributed by atoms with Crippen molar-refractivity contribution < 1.29 is 14.3 Å². The molecule has 134 valence electrons. The highest BCUT2D eigenvalue weighted by atomic mass is 32.1. The van der Waals surface area contributed by atoms with Gasteiger partial charge >= 0.3 is 0 Å². The van der Waals surface area contributed by atoms with E-state index < -0.39 is 5.91 Å². The van der Waals surface area contributed by atoms with Gasteiger partial charge in [-0.25, -0.2) is 0 Å². The van der Waals surface area contributed by atoms with Crippen LogP contribution in [0, 0.1) is 5.92 Å². The lowest BCUT2D eigenvalue weighted by molar-refractivity contribution is 0.0639. The summed E-state index contributed by atoms with van der Waals surface area (Å²) in [6, 6.07) is 11.4. The molecule has 1 saturated heterocycles. The van der Waals surface area contributed by atoms with Crippen molar-refractivity contribution in [3.05, 3.63) is 46.8 Å². The summed E-state index contributed by atoms with van der Waals surface area (Å²) in [6.07, 6.45) is 3.59. The fourth-order valence-electron chi connectivity index (χ4n) is 2.87. The molecule has 0 aliphatic carbocycles. The molecule has 1 aliphatic heterocycles. The molecule has 3 N–H and O–H groups in total. The third-order valence-corrected chi connectivity index (χ3v) is 5.34. The maximum atomic E-state index is 11.1. The van der Waals surface area contributed by atoms with E-state index in [9.17, 15) is 4.79 Å². The van der Waals surface area contributed by atoms with Crippen LogP contribution in [0.4, 0.5) is 0 Å². The van der Waals surface area contributed by atoms with Gasteiger partial charge in [0.05, 0.1) is 4.88 Å². The molecule has 3 rings (SSSR count). The fraction of sp³-hybridized carbons (Fsp3) is 0.421. The summed E-state index contributed by atoms with van der Waals surface area (Å²) < 4.78 is 11.1. The predicted molar refractivity (Wildman–Crippen MR) is 99.2 cm³/mol. The molecule has 1 aromatic carbocycles. The maximum Gasteiger partial charge on any atom is 0.258 e. The molecule has 1 aliphatic rings. The molecule has 2 aromatic rings. The number of hydrogen-bond donors (Lipinski definition) is 2. The molecule has 0 atom stereocenters. The quantitative estimate of drug-likeness (QED) is 0.706. The second-order valence-corrected chi connectivity index (χ2v) is 7.30. The SMILES string of the molecule is NC(=O)c1ccc(Oc2ccc(CNCCC3CCOCC3)cc2)s1. The first-order valence-electron chi connectivity index (χ1n) is 8.65. The van der Waals surface area contributed by atoms with Crippen LogP contribution in [0.5, 0.6) is 10.8 Å². The van der Waals surface area contributed by atoms with Gasteiger partial charge in [0, 0.05) is 19.8 Å². The molecule has 1 fully saturated rings. The van der Waals surface area contributed by atoms with Gasteiger partial charge in [0.25, 0.3) is 5.91 Å². The first kappa shape index (κ1) is 17.9. The normalized spacial score (nSPS) is 15.2. The van der Waals surface area contributed by atoms with E-state index in [1.165, 1.54) is 36.2 Å². The summed E-state index contributed by atoms with van der Waals surface area (Å²) in [4.78, 5) is 11.6. The van der Waals surface area contributed by atoms with Crippen LogP contribution in [0.1, 0.15) is 34.5 Å². The van der Waals surface area contributed by atoms with E-state index in [0.717, 1.165) is 38.0 Å². The highest BCUT2D eigenvalue weighted by molar-refractivity contribution is 7.15. The van der Waals surface area contributed by atoms with Crippen LogP contribution in [0.15, 0.2) is 36.4 Å². The number of thiophene rings is 1. The first-order chi connectivity index (χ1) is 12.2. The average molecular weight is 360 g/mol. The summed E-state index contributed by atoms with van der Waals surface area (Å²) in [5, 5.41) is 4.17. The van der Waals surface area contributed by atoms with E-state index in [-0.39, 0.29) is 0 Å². The number of benzene rings is 1. The lowest BCUT2D eigenvalue weighted by Crippen LogP contribution is -2.22. The van der Waals surface area contributed by atoms with Crippen molar-refractivity contribution in [2.75, 3.05) is 19.8 Å². The third kappa shape index (κ3) is 5.56. The van der Waals surface area contributed by atoms with Gasteiger partial charge in [0.1, 0.15) is 5.75 Å². The van der Waals surface area contributed by atoms with Gasteiger partial charge in [-0.05, 0) is 61.6 Å². The molecule has 0 saturated carbocycles. The molecular weight excluding hydrogens is 336 g/mol. The summed E-state index contributed by atoms with van der Waals surface area (Å²) in [5.74, 6) is 1.12. The second-order valence-electron chi connectivity index (χ2n) is 6.25. The Morgan fingerprint density at radius 3 is 2.64 bits per heavy atom. The zero-order valence-electron chi connectivity index (χ0n) is 14.2. The Bertz CT molecular complexity index is 678. The average Bonchev–Trinajstić information content (AvgIpc) is 3.10. The van der Waals surface area contributed by atoms with Gasteiger partial charge in [-0.2, -0.15) is 0 Å². The van der Waals surface area contributed by atoms with Crippen molar-refractivity contribution >= 4 is 17.2 Å².